The molecule has 0 saturated carbocycles. The van der Waals surface area contributed by atoms with Gasteiger partial charge in [0, 0.05) is 39.0 Å². The summed E-state index contributed by atoms with van der Waals surface area (Å²) in [5.74, 6) is -0.00229. The molecular formula is C20H26N4O3. The lowest BCUT2D eigenvalue weighted by molar-refractivity contribution is -0.140. The van der Waals surface area contributed by atoms with Crippen molar-refractivity contribution in [1.82, 2.24) is 19.2 Å². The number of nitrogens with zero attached hydrogens (tertiary/aromatic N) is 4. The Hall–Kier alpha value is -2.41. The molecule has 0 aliphatic carbocycles. The maximum absolute atomic E-state index is 13.4. The number of fused-ring (bicyclic) bond motifs is 5. The van der Waals surface area contributed by atoms with Crippen LogP contribution in [-0.4, -0.2) is 70.4 Å². The summed E-state index contributed by atoms with van der Waals surface area (Å²) in [6.45, 7) is 6.05. The van der Waals surface area contributed by atoms with Gasteiger partial charge in [-0.05, 0) is 44.4 Å². The fourth-order valence-electron chi connectivity index (χ4n) is 4.36. The van der Waals surface area contributed by atoms with E-state index >= 15 is 0 Å². The molecule has 2 amide bonds. The fourth-order valence-corrected chi connectivity index (χ4v) is 4.36. The van der Waals surface area contributed by atoms with Gasteiger partial charge in [-0.2, -0.15) is 0 Å². The van der Waals surface area contributed by atoms with Gasteiger partial charge >= 0.3 is 0 Å². The second kappa shape index (κ2) is 6.96. The number of carbonyl (C=O) groups excluding carboxylic acids is 2. The highest BCUT2D eigenvalue weighted by molar-refractivity contribution is 5.95. The van der Waals surface area contributed by atoms with Gasteiger partial charge in [-0.1, -0.05) is 0 Å². The topological polar surface area (TPSA) is 67.2 Å². The van der Waals surface area contributed by atoms with Gasteiger partial charge in [-0.15, -0.1) is 0 Å². The number of hydrogen-bond acceptors (Lipinski definition) is 4. The maximum Gasteiger partial charge on any atom is 0.272 e. The Bertz CT molecular complexity index is 891. The maximum atomic E-state index is 13.4. The van der Waals surface area contributed by atoms with Gasteiger partial charge in [0.05, 0.1) is 18.2 Å². The van der Waals surface area contributed by atoms with Crippen molar-refractivity contribution in [2.75, 3.05) is 33.4 Å². The van der Waals surface area contributed by atoms with E-state index in [0.29, 0.717) is 31.9 Å². The zero-order valence-electron chi connectivity index (χ0n) is 16.1. The van der Waals surface area contributed by atoms with Crippen molar-refractivity contribution in [1.29, 1.82) is 0 Å². The number of piperidine rings is 1. The summed E-state index contributed by atoms with van der Waals surface area (Å²) in [6, 6.07) is 4.02. The number of hydrogen-bond donors (Lipinski definition) is 0. The van der Waals surface area contributed by atoms with E-state index in [1.54, 1.807) is 7.11 Å². The lowest BCUT2D eigenvalue weighted by atomic mass is 9.94. The Morgan fingerprint density at radius 1 is 1.30 bits per heavy atom. The van der Waals surface area contributed by atoms with Gasteiger partial charge in [-0.25, -0.2) is 4.98 Å². The number of aromatic nitrogens is 2. The summed E-state index contributed by atoms with van der Waals surface area (Å²) < 4.78 is 7.03. The number of aryl methyl sites for hydroxylation is 2. The Morgan fingerprint density at radius 2 is 2.11 bits per heavy atom. The highest BCUT2D eigenvalue weighted by Gasteiger charge is 2.42. The third-order valence-corrected chi connectivity index (χ3v) is 5.78. The minimum absolute atomic E-state index is 0.0397. The average molecular weight is 370 g/mol. The first kappa shape index (κ1) is 18.0. The van der Waals surface area contributed by atoms with Crippen LogP contribution in [-0.2, 0) is 9.53 Å². The summed E-state index contributed by atoms with van der Waals surface area (Å²) in [5, 5.41) is 0. The number of pyridine rings is 1. The lowest BCUT2D eigenvalue weighted by Crippen LogP contribution is -2.49. The number of imidazole rings is 1. The molecule has 7 nitrogen and oxygen atoms in total. The molecule has 144 valence electrons. The first-order chi connectivity index (χ1) is 13.0. The summed E-state index contributed by atoms with van der Waals surface area (Å²) in [4.78, 5) is 34.5. The summed E-state index contributed by atoms with van der Waals surface area (Å²) >= 11 is 0. The second-order valence-corrected chi connectivity index (χ2v) is 7.64. The summed E-state index contributed by atoms with van der Waals surface area (Å²) in [6.07, 6.45) is 3.69. The number of rotatable bonds is 4. The van der Waals surface area contributed by atoms with Crippen molar-refractivity contribution in [2.24, 2.45) is 5.92 Å². The van der Waals surface area contributed by atoms with Gasteiger partial charge in [0.25, 0.3) is 5.91 Å². The van der Waals surface area contributed by atoms with Crippen LogP contribution < -0.4 is 0 Å². The lowest BCUT2D eigenvalue weighted by Gasteiger charge is -2.35. The van der Waals surface area contributed by atoms with Crippen LogP contribution in [0, 0.1) is 19.8 Å². The number of ether oxygens (including phenoxy) is 1. The molecule has 0 aromatic carbocycles. The first-order valence-electron chi connectivity index (χ1n) is 9.53. The van der Waals surface area contributed by atoms with Crippen LogP contribution in [0.1, 0.15) is 34.6 Å². The van der Waals surface area contributed by atoms with Gasteiger partial charge in [0.15, 0.2) is 0 Å². The molecule has 5 rings (SSSR count). The molecule has 0 spiro atoms. The number of methoxy groups -OCH3 is 1. The van der Waals surface area contributed by atoms with Crippen LogP contribution in [0.15, 0.2) is 18.3 Å². The molecule has 3 aliphatic heterocycles. The van der Waals surface area contributed by atoms with Crippen LogP contribution in [0.4, 0.5) is 0 Å². The van der Waals surface area contributed by atoms with Crippen molar-refractivity contribution >= 4 is 17.5 Å². The molecule has 5 heterocycles. The van der Waals surface area contributed by atoms with Crippen molar-refractivity contribution < 1.29 is 14.3 Å². The highest BCUT2D eigenvalue weighted by Crippen LogP contribution is 2.30. The molecule has 2 bridgehead atoms. The van der Waals surface area contributed by atoms with Crippen LogP contribution in [0.2, 0.25) is 0 Å². The molecule has 3 saturated heterocycles. The van der Waals surface area contributed by atoms with Crippen molar-refractivity contribution in [3.63, 3.8) is 0 Å². The normalized spacial score (nSPS) is 22.6. The largest absolute Gasteiger partial charge is 0.383 e. The highest BCUT2D eigenvalue weighted by atomic mass is 16.5. The van der Waals surface area contributed by atoms with Gasteiger partial charge in [0.1, 0.15) is 11.3 Å². The molecular weight excluding hydrogens is 344 g/mol. The molecule has 3 aliphatic rings. The third-order valence-electron chi connectivity index (χ3n) is 5.78. The molecule has 0 unspecified atom stereocenters. The minimum Gasteiger partial charge on any atom is -0.383 e. The summed E-state index contributed by atoms with van der Waals surface area (Å²) in [7, 11) is 1.64. The SMILES string of the molecule is COCCN1C(=O)[C@@H]2CC[C@H]1CN(C(=O)c1c(C)nc3cc(C)ccn13)C2. The van der Waals surface area contributed by atoms with E-state index < -0.39 is 0 Å². The minimum atomic E-state index is -0.119. The Labute approximate surface area is 158 Å². The van der Waals surface area contributed by atoms with E-state index in [1.807, 2.05) is 46.4 Å². The standard InChI is InChI=1S/C20H26N4O3/c1-13-6-7-24-17(10-13)21-14(2)18(24)20(26)22-11-15-4-5-16(12-22)23(19(15)25)8-9-27-3/h6-7,10,15-16H,4-5,8-9,11-12H2,1-3H3/t15-,16+/m1/s1. The monoisotopic (exact) mass is 370 g/mol. The molecule has 0 radical (unpaired) electrons. The van der Waals surface area contributed by atoms with Crippen LogP contribution in [0.3, 0.4) is 0 Å². The zero-order valence-corrected chi connectivity index (χ0v) is 16.1. The van der Waals surface area contributed by atoms with Crippen molar-refractivity contribution in [3.8, 4) is 0 Å². The zero-order chi connectivity index (χ0) is 19.1. The van der Waals surface area contributed by atoms with E-state index in [1.165, 1.54) is 0 Å². The molecule has 2 atom stereocenters. The van der Waals surface area contributed by atoms with Crippen LogP contribution in [0.25, 0.3) is 5.65 Å². The molecule has 0 N–H and O–H groups in total. The van der Waals surface area contributed by atoms with E-state index in [9.17, 15) is 9.59 Å². The van der Waals surface area contributed by atoms with Gasteiger partial charge < -0.3 is 14.5 Å². The van der Waals surface area contributed by atoms with E-state index in [4.69, 9.17) is 4.74 Å². The molecule has 3 fully saturated rings. The first-order valence-corrected chi connectivity index (χ1v) is 9.53. The molecule has 2 aromatic heterocycles. The number of amides is 2. The van der Waals surface area contributed by atoms with Crippen molar-refractivity contribution in [3.05, 3.63) is 35.3 Å². The predicted octanol–water partition coefficient (Wildman–Crippen LogP) is 1.66. The van der Waals surface area contributed by atoms with E-state index in [-0.39, 0.29) is 23.8 Å². The van der Waals surface area contributed by atoms with Gasteiger partial charge in [0.2, 0.25) is 5.91 Å². The third kappa shape index (κ3) is 3.10. The molecule has 7 heteroatoms. The summed E-state index contributed by atoms with van der Waals surface area (Å²) in [5.41, 5.74) is 3.22. The van der Waals surface area contributed by atoms with Gasteiger partial charge in [-0.3, -0.25) is 14.0 Å². The Kier molecular flexibility index (Phi) is 4.63. The Morgan fingerprint density at radius 3 is 2.89 bits per heavy atom. The van der Waals surface area contributed by atoms with E-state index in [0.717, 1.165) is 29.7 Å². The second-order valence-electron chi connectivity index (χ2n) is 7.64. The quantitative estimate of drug-likeness (QED) is 0.821. The average Bonchev–Trinajstić information content (AvgIpc) is 2.78. The van der Waals surface area contributed by atoms with Crippen molar-refractivity contribution in [2.45, 2.75) is 32.7 Å². The van der Waals surface area contributed by atoms with Crippen LogP contribution in [0.5, 0.6) is 0 Å². The Balaban J connectivity index is 1.64. The fraction of sp³-hybridized carbons (Fsp3) is 0.550. The smallest absolute Gasteiger partial charge is 0.272 e. The van der Waals surface area contributed by atoms with Crippen LogP contribution >= 0.6 is 0 Å². The predicted molar refractivity (Wildman–Crippen MR) is 101 cm³/mol. The van der Waals surface area contributed by atoms with E-state index in [2.05, 4.69) is 4.98 Å². The number of carbonyl (C=O) groups is 2. The molecule has 27 heavy (non-hydrogen) atoms. The molecule has 2 aromatic rings.